The lowest BCUT2D eigenvalue weighted by atomic mass is 10.0. The van der Waals surface area contributed by atoms with Crippen molar-refractivity contribution in [3.05, 3.63) is 30.3 Å². The monoisotopic (exact) mass is 248 g/mol. The van der Waals surface area contributed by atoms with Gasteiger partial charge in [0, 0.05) is 11.7 Å². The molecule has 1 fully saturated rings. The SMILES string of the molecule is CC(NC(=S)Nc1ccccc1)C1CCCC1. The molecule has 1 saturated carbocycles. The van der Waals surface area contributed by atoms with Crippen molar-refractivity contribution in [2.75, 3.05) is 5.32 Å². The highest BCUT2D eigenvalue weighted by atomic mass is 32.1. The van der Waals surface area contributed by atoms with E-state index < -0.39 is 0 Å². The third kappa shape index (κ3) is 3.70. The second-order valence-electron chi connectivity index (χ2n) is 4.80. The summed E-state index contributed by atoms with van der Waals surface area (Å²) in [6.07, 6.45) is 5.41. The molecule has 1 unspecified atom stereocenters. The maximum Gasteiger partial charge on any atom is 0.170 e. The van der Waals surface area contributed by atoms with Gasteiger partial charge < -0.3 is 10.6 Å². The van der Waals surface area contributed by atoms with E-state index in [4.69, 9.17) is 12.2 Å². The first kappa shape index (κ1) is 12.4. The van der Waals surface area contributed by atoms with E-state index >= 15 is 0 Å². The Labute approximate surface area is 109 Å². The van der Waals surface area contributed by atoms with Crippen molar-refractivity contribution in [3.8, 4) is 0 Å². The molecule has 17 heavy (non-hydrogen) atoms. The minimum Gasteiger partial charge on any atom is -0.360 e. The number of hydrogen-bond acceptors (Lipinski definition) is 1. The lowest BCUT2D eigenvalue weighted by molar-refractivity contribution is 0.428. The van der Waals surface area contributed by atoms with Gasteiger partial charge in [0.1, 0.15) is 0 Å². The number of nitrogens with one attached hydrogen (secondary N) is 2. The predicted octanol–water partition coefficient (Wildman–Crippen LogP) is 3.55. The zero-order chi connectivity index (χ0) is 12.1. The van der Waals surface area contributed by atoms with E-state index in [2.05, 4.69) is 17.6 Å². The van der Waals surface area contributed by atoms with Gasteiger partial charge in [-0.2, -0.15) is 0 Å². The van der Waals surface area contributed by atoms with Crippen LogP contribution in [0.1, 0.15) is 32.6 Å². The molecule has 0 aliphatic heterocycles. The molecule has 2 rings (SSSR count). The number of rotatable bonds is 3. The van der Waals surface area contributed by atoms with Crippen molar-refractivity contribution in [1.29, 1.82) is 0 Å². The van der Waals surface area contributed by atoms with Gasteiger partial charge in [-0.15, -0.1) is 0 Å². The highest BCUT2D eigenvalue weighted by Gasteiger charge is 2.21. The summed E-state index contributed by atoms with van der Waals surface area (Å²) in [5, 5.41) is 7.34. The lowest BCUT2D eigenvalue weighted by Gasteiger charge is -2.22. The normalized spacial score (nSPS) is 17.7. The van der Waals surface area contributed by atoms with Crippen LogP contribution in [-0.4, -0.2) is 11.2 Å². The Balaban J connectivity index is 1.80. The first-order chi connectivity index (χ1) is 8.25. The summed E-state index contributed by atoms with van der Waals surface area (Å²) in [5.74, 6) is 0.783. The summed E-state index contributed by atoms with van der Waals surface area (Å²) in [7, 11) is 0. The van der Waals surface area contributed by atoms with Gasteiger partial charge in [-0.25, -0.2) is 0 Å². The molecular weight excluding hydrogens is 228 g/mol. The Morgan fingerprint density at radius 3 is 2.53 bits per heavy atom. The van der Waals surface area contributed by atoms with Crippen LogP contribution in [0, 0.1) is 5.92 Å². The smallest absolute Gasteiger partial charge is 0.170 e. The van der Waals surface area contributed by atoms with E-state index in [0.717, 1.165) is 16.7 Å². The van der Waals surface area contributed by atoms with Gasteiger partial charge in [-0.05, 0) is 50.0 Å². The number of anilines is 1. The number of benzene rings is 1. The van der Waals surface area contributed by atoms with Gasteiger partial charge in [0.2, 0.25) is 0 Å². The summed E-state index contributed by atoms with van der Waals surface area (Å²) in [5.41, 5.74) is 1.05. The van der Waals surface area contributed by atoms with Crippen molar-refractivity contribution in [3.63, 3.8) is 0 Å². The van der Waals surface area contributed by atoms with Gasteiger partial charge in [0.05, 0.1) is 0 Å². The van der Waals surface area contributed by atoms with E-state index in [1.54, 1.807) is 0 Å². The molecule has 2 nitrogen and oxygen atoms in total. The van der Waals surface area contributed by atoms with Gasteiger partial charge in [0.25, 0.3) is 0 Å². The van der Waals surface area contributed by atoms with Gasteiger partial charge >= 0.3 is 0 Å². The average molecular weight is 248 g/mol. The molecule has 0 radical (unpaired) electrons. The maximum absolute atomic E-state index is 5.33. The molecule has 1 aromatic carbocycles. The van der Waals surface area contributed by atoms with Crippen molar-refractivity contribution < 1.29 is 0 Å². The van der Waals surface area contributed by atoms with Crippen molar-refractivity contribution in [2.24, 2.45) is 5.92 Å². The summed E-state index contributed by atoms with van der Waals surface area (Å²) < 4.78 is 0. The largest absolute Gasteiger partial charge is 0.360 e. The van der Waals surface area contributed by atoms with Crippen LogP contribution < -0.4 is 10.6 Å². The van der Waals surface area contributed by atoms with E-state index in [1.807, 2.05) is 30.3 Å². The van der Waals surface area contributed by atoms with Crippen LogP contribution in [0.5, 0.6) is 0 Å². The zero-order valence-corrected chi connectivity index (χ0v) is 11.1. The molecule has 0 heterocycles. The second-order valence-corrected chi connectivity index (χ2v) is 5.21. The van der Waals surface area contributed by atoms with Crippen LogP contribution in [0.4, 0.5) is 5.69 Å². The quantitative estimate of drug-likeness (QED) is 0.800. The zero-order valence-electron chi connectivity index (χ0n) is 10.3. The van der Waals surface area contributed by atoms with Crippen molar-refractivity contribution in [2.45, 2.75) is 38.6 Å². The number of para-hydroxylation sites is 1. The van der Waals surface area contributed by atoms with Gasteiger partial charge in [-0.1, -0.05) is 31.0 Å². The molecule has 0 saturated heterocycles. The van der Waals surface area contributed by atoms with Crippen LogP contribution in [0.15, 0.2) is 30.3 Å². The fourth-order valence-corrected chi connectivity index (χ4v) is 2.77. The van der Waals surface area contributed by atoms with Crippen LogP contribution >= 0.6 is 12.2 Å². The Kier molecular flexibility index (Phi) is 4.37. The average Bonchev–Trinajstić information content (AvgIpc) is 2.83. The molecule has 3 heteroatoms. The Hall–Kier alpha value is -1.09. The summed E-state index contributed by atoms with van der Waals surface area (Å²) in [6.45, 7) is 2.23. The number of hydrogen-bond donors (Lipinski definition) is 2. The summed E-state index contributed by atoms with van der Waals surface area (Å²) in [6, 6.07) is 10.5. The third-order valence-corrected chi connectivity index (χ3v) is 3.72. The van der Waals surface area contributed by atoms with Gasteiger partial charge in [0.15, 0.2) is 5.11 Å². The molecule has 2 N–H and O–H groups in total. The van der Waals surface area contributed by atoms with E-state index in [9.17, 15) is 0 Å². The van der Waals surface area contributed by atoms with E-state index in [0.29, 0.717) is 6.04 Å². The number of thiocarbonyl (C=S) groups is 1. The molecular formula is C14H20N2S. The Bertz CT molecular complexity index is 358. The highest BCUT2D eigenvalue weighted by molar-refractivity contribution is 7.80. The molecule has 0 bridgehead atoms. The minimum atomic E-state index is 0.473. The Morgan fingerprint density at radius 2 is 1.88 bits per heavy atom. The first-order valence-electron chi connectivity index (χ1n) is 6.38. The van der Waals surface area contributed by atoms with Crippen LogP contribution in [0.2, 0.25) is 0 Å². The fourth-order valence-electron chi connectivity index (χ4n) is 2.47. The molecule has 0 aromatic heterocycles. The molecule has 1 aliphatic carbocycles. The third-order valence-electron chi connectivity index (χ3n) is 3.50. The fraction of sp³-hybridized carbons (Fsp3) is 0.500. The van der Waals surface area contributed by atoms with Crippen molar-refractivity contribution in [1.82, 2.24) is 5.32 Å². The van der Waals surface area contributed by atoms with Crippen LogP contribution in [0.3, 0.4) is 0 Å². The molecule has 0 amide bonds. The standard InChI is InChI=1S/C14H20N2S/c1-11(12-7-5-6-8-12)15-14(17)16-13-9-3-2-4-10-13/h2-4,9-12H,5-8H2,1H3,(H2,15,16,17). The molecule has 1 atom stereocenters. The van der Waals surface area contributed by atoms with Crippen LogP contribution in [-0.2, 0) is 0 Å². The topological polar surface area (TPSA) is 24.1 Å². The van der Waals surface area contributed by atoms with E-state index in [-0.39, 0.29) is 0 Å². The van der Waals surface area contributed by atoms with Crippen LogP contribution in [0.25, 0.3) is 0 Å². The maximum atomic E-state index is 5.33. The second kappa shape index (κ2) is 6.01. The molecule has 1 aliphatic rings. The highest BCUT2D eigenvalue weighted by Crippen LogP contribution is 2.27. The Morgan fingerprint density at radius 1 is 1.24 bits per heavy atom. The molecule has 0 spiro atoms. The molecule has 92 valence electrons. The first-order valence-corrected chi connectivity index (χ1v) is 6.79. The molecule has 1 aromatic rings. The summed E-state index contributed by atoms with van der Waals surface area (Å²) in [4.78, 5) is 0. The van der Waals surface area contributed by atoms with Gasteiger partial charge in [-0.3, -0.25) is 0 Å². The predicted molar refractivity (Wildman–Crippen MR) is 77.2 cm³/mol. The summed E-state index contributed by atoms with van der Waals surface area (Å²) >= 11 is 5.33. The van der Waals surface area contributed by atoms with E-state index in [1.165, 1.54) is 25.7 Å². The lowest BCUT2D eigenvalue weighted by Crippen LogP contribution is -2.39. The van der Waals surface area contributed by atoms with Crippen molar-refractivity contribution >= 4 is 23.0 Å². The minimum absolute atomic E-state index is 0.473.